The minimum absolute atomic E-state index is 0.210. The van der Waals surface area contributed by atoms with E-state index in [1.165, 1.54) is 0 Å². The summed E-state index contributed by atoms with van der Waals surface area (Å²) in [6.07, 6.45) is 0.650. The number of carbonyl (C=O) groups excluding carboxylic acids is 1. The summed E-state index contributed by atoms with van der Waals surface area (Å²) in [6, 6.07) is 0. The van der Waals surface area contributed by atoms with Gasteiger partial charge < -0.3 is 26.8 Å². The number of nitrogens with two attached hydrogens (primary N) is 1. The third-order valence-corrected chi connectivity index (χ3v) is 2.44. The van der Waals surface area contributed by atoms with Crippen LogP contribution in [-0.2, 0) is 9.59 Å². The molecule has 0 bridgehead atoms. The molecule has 0 spiro atoms. The van der Waals surface area contributed by atoms with Crippen molar-refractivity contribution in [3.63, 3.8) is 0 Å². The maximum Gasteiger partial charge on any atom is 0.310 e. The summed E-state index contributed by atoms with van der Waals surface area (Å²) >= 11 is 0. The first-order chi connectivity index (χ1) is 9.16. The largest absolute Gasteiger partial charge is 0.481 e. The highest BCUT2D eigenvalue weighted by Crippen LogP contribution is 1.93. The van der Waals surface area contributed by atoms with Crippen molar-refractivity contribution in [2.24, 2.45) is 5.73 Å². The molecule has 0 amide bonds. The van der Waals surface area contributed by atoms with E-state index in [0.29, 0.717) is 19.4 Å². The number of carboxylic acids is 1. The first-order valence-corrected chi connectivity index (χ1v) is 6.72. The Kier molecular flexibility index (Phi) is 12.7. The summed E-state index contributed by atoms with van der Waals surface area (Å²) in [5.74, 6) is -1.26. The molecular formula is C12H26N4O3. The van der Waals surface area contributed by atoms with Gasteiger partial charge in [0.15, 0.2) is 0 Å². The lowest BCUT2D eigenvalue weighted by Gasteiger charge is -2.07. The summed E-state index contributed by atoms with van der Waals surface area (Å²) in [7, 11) is 0. The molecule has 0 heterocycles. The van der Waals surface area contributed by atoms with Gasteiger partial charge >= 0.3 is 5.97 Å². The molecule has 7 nitrogen and oxygen atoms in total. The number of nitrogens with one attached hydrogen (secondary N) is 3. The zero-order chi connectivity index (χ0) is 14.3. The molecule has 0 aromatic heterocycles. The molecule has 0 aliphatic carbocycles. The summed E-state index contributed by atoms with van der Waals surface area (Å²) in [5.41, 5.74) is 5.34. The van der Waals surface area contributed by atoms with Crippen LogP contribution in [0.4, 0.5) is 0 Å². The number of rotatable bonds is 14. The third kappa shape index (κ3) is 14.9. The van der Waals surface area contributed by atoms with Crippen molar-refractivity contribution in [2.45, 2.75) is 19.3 Å². The van der Waals surface area contributed by atoms with E-state index in [1.807, 2.05) is 0 Å². The lowest BCUT2D eigenvalue weighted by atomic mass is 10.2. The number of aliphatic carboxylic acids is 1. The Morgan fingerprint density at radius 1 is 0.895 bits per heavy atom. The monoisotopic (exact) mass is 274 g/mol. The third-order valence-electron chi connectivity index (χ3n) is 2.44. The van der Waals surface area contributed by atoms with E-state index in [-0.39, 0.29) is 12.2 Å². The van der Waals surface area contributed by atoms with Crippen LogP contribution in [0.2, 0.25) is 0 Å². The average molecular weight is 274 g/mol. The fraction of sp³-hybridized carbons (Fsp3) is 0.833. The second-order valence-electron chi connectivity index (χ2n) is 4.25. The lowest BCUT2D eigenvalue weighted by Crippen LogP contribution is -2.34. The molecule has 0 atom stereocenters. The highest BCUT2D eigenvalue weighted by atomic mass is 16.4. The molecule has 0 aliphatic rings. The number of hydrogen-bond acceptors (Lipinski definition) is 6. The van der Waals surface area contributed by atoms with Crippen LogP contribution in [0.25, 0.3) is 0 Å². The highest BCUT2D eigenvalue weighted by molar-refractivity contribution is 5.94. The molecule has 19 heavy (non-hydrogen) atoms. The Labute approximate surface area is 114 Å². The Morgan fingerprint density at radius 3 is 1.95 bits per heavy atom. The van der Waals surface area contributed by atoms with Crippen molar-refractivity contribution in [3.8, 4) is 0 Å². The van der Waals surface area contributed by atoms with Gasteiger partial charge in [-0.2, -0.15) is 0 Å². The predicted molar refractivity (Wildman–Crippen MR) is 74.2 cm³/mol. The number of hydrogen-bond donors (Lipinski definition) is 5. The molecule has 0 aromatic carbocycles. The number of carboxylic acid groups (broad SMARTS) is 1. The van der Waals surface area contributed by atoms with Gasteiger partial charge in [-0.25, -0.2) is 0 Å². The van der Waals surface area contributed by atoms with Crippen molar-refractivity contribution < 1.29 is 14.7 Å². The van der Waals surface area contributed by atoms with E-state index in [9.17, 15) is 9.59 Å². The molecule has 0 saturated heterocycles. The normalized spacial score (nSPS) is 10.6. The van der Waals surface area contributed by atoms with E-state index in [1.54, 1.807) is 0 Å². The molecule has 0 rings (SSSR count). The fourth-order valence-corrected chi connectivity index (χ4v) is 1.50. The van der Waals surface area contributed by atoms with Crippen LogP contribution in [0, 0.1) is 0 Å². The van der Waals surface area contributed by atoms with Gasteiger partial charge in [0.1, 0.15) is 12.2 Å². The van der Waals surface area contributed by atoms with Crippen molar-refractivity contribution >= 4 is 11.8 Å². The van der Waals surface area contributed by atoms with Gasteiger partial charge in [-0.05, 0) is 13.0 Å². The summed E-state index contributed by atoms with van der Waals surface area (Å²) in [4.78, 5) is 21.3. The summed E-state index contributed by atoms with van der Waals surface area (Å²) in [6.45, 7) is 5.74. The Morgan fingerprint density at radius 2 is 1.42 bits per heavy atom. The second-order valence-corrected chi connectivity index (χ2v) is 4.25. The van der Waals surface area contributed by atoms with Crippen LogP contribution in [0.3, 0.4) is 0 Å². The van der Waals surface area contributed by atoms with Gasteiger partial charge in [-0.15, -0.1) is 0 Å². The topological polar surface area (TPSA) is 116 Å². The van der Waals surface area contributed by atoms with Crippen LogP contribution in [0.15, 0.2) is 0 Å². The summed E-state index contributed by atoms with van der Waals surface area (Å²) < 4.78 is 0. The highest BCUT2D eigenvalue weighted by Gasteiger charge is 2.06. The molecule has 0 aliphatic heterocycles. The van der Waals surface area contributed by atoms with Gasteiger partial charge in [0.25, 0.3) is 0 Å². The Balaban J connectivity index is 3.10. The molecule has 112 valence electrons. The average Bonchev–Trinajstić information content (AvgIpc) is 2.35. The van der Waals surface area contributed by atoms with Crippen LogP contribution >= 0.6 is 0 Å². The zero-order valence-electron chi connectivity index (χ0n) is 11.4. The number of carbonyl (C=O) groups is 2. The first kappa shape index (κ1) is 18.0. The maximum atomic E-state index is 11.1. The standard InChI is InChI=1S/C12H26N4O3/c13-3-5-15-7-9-16-8-6-14-4-1-2-11(17)10-12(18)19/h14-16H,1-10,13H2,(H,18,19). The molecule has 0 radical (unpaired) electrons. The summed E-state index contributed by atoms with van der Waals surface area (Å²) in [5, 5.41) is 18.0. The van der Waals surface area contributed by atoms with E-state index >= 15 is 0 Å². The van der Waals surface area contributed by atoms with Gasteiger partial charge in [-0.1, -0.05) is 0 Å². The van der Waals surface area contributed by atoms with Crippen molar-refractivity contribution in [2.75, 3.05) is 45.8 Å². The molecule has 0 aromatic rings. The van der Waals surface area contributed by atoms with Gasteiger partial charge in [-0.3, -0.25) is 9.59 Å². The van der Waals surface area contributed by atoms with Crippen molar-refractivity contribution in [3.05, 3.63) is 0 Å². The number of Topliss-reactive ketones (excluding diaryl/α,β-unsaturated/α-hetero) is 1. The second kappa shape index (κ2) is 13.4. The van der Waals surface area contributed by atoms with Gasteiger partial charge in [0.05, 0.1) is 0 Å². The van der Waals surface area contributed by atoms with E-state index in [0.717, 1.165) is 39.3 Å². The molecular weight excluding hydrogens is 248 g/mol. The zero-order valence-corrected chi connectivity index (χ0v) is 11.4. The quantitative estimate of drug-likeness (QED) is 0.194. The molecule has 0 fully saturated rings. The number of ketones is 1. The van der Waals surface area contributed by atoms with E-state index in [2.05, 4.69) is 16.0 Å². The van der Waals surface area contributed by atoms with Gasteiger partial charge in [0.2, 0.25) is 0 Å². The molecule has 0 unspecified atom stereocenters. The van der Waals surface area contributed by atoms with Crippen molar-refractivity contribution in [1.29, 1.82) is 0 Å². The first-order valence-electron chi connectivity index (χ1n) is 6.72. The predicted octanol–water partition coefficient (Wildman–Crippen LogP) is -1.46. The molecule has 0 saturated carbocycles. The van der Waals surface area contributed by atoms with Crippen LogP contribution < -0.4 is 21.7 Å². The van der Waals surface area contributed by atoms with E-state index < -0.39 is 5.97 Å². The Hall–Kier alpha value is -1.02. The molecule has 6 N–H and O–H groups in total. The maximum absolute atomic E-state index is 11.1. The smallest absolute Gasteiger partial charge is 0.310 e. The Bertz CT molecular complexity index is 249. The molecule has 7 heteroatoms. The van der Waals surface area contributed by atoms with Crippen LogP contribution in [0.1, 0.15) is 19.3 Å². The van der Waals surface area contributed by atoms with Crippen LogP contribution in [-0.4, -0.2) is 62.7 Å². The van der Waals surface area contributed by atoms with Crippen molar-refractivity contribution in [1.82, 2.24) is 16.0 Å². The lowest BCUT2D eigenvalue weighted by molar-refractivity contribution is -0.140. The van der Waals surface area contributed by atoms with Gasteiger partial charge in [0, 0.05) is 45.7 Å². The van der Waals surface area contributed by atoms with Crippen LogP contribution in [0.5, 0.6) is 0 Å². The minimum atomic E-state index is -1.05. The SMILES string of the molecule is NCCNCCNCCNCCCC(=O)CC(=O)O. The fourth-order valence-electron chi connectivity index (χ4n) is 1.50. The minimum Gasteiger partial charge on any atom is -0.481 e. The van der Waals surface area contributed by atoms with E-state index in [4.69, 9.17) is 10.8 Å².